The molecule has 176 valence electrons. The topological polar surface area (TPSA) is 58.4 Å². The highest BCUT2D eigenvalue weighted by Crippen LogP contribution is 2.28. The van der Waals surface area contributed by atoms with Gasteiger partial charge < -0.3 is 14.4 Å². The zero-order chi connectivity index (χ0) is 23.7. The van der Waals surface area contributed by atoms with Gasteiger partial charge in [0.05, 0.1) is 16.3 Å². The maximum absolute atomic E-state index is 13.6. The van der Waals surface area contributed by atoms with E-state index in [4.69, 9.17) is 16.6 Å². The number of hydrogen-bond donors (Lipinski definition) is 0. The van der Waals surface area contributed by atoms with E-state index in [9.17, 15) is 14.0 Å². The van der Waals surface area contributed by atoms with Crippen LogP contribution in [0.5, 0.6) is 0 Å². The normalized spacial score (nSPS) is 16.2. The Kier molecular flexibility index (Phi) is 6.37. The maximum atomic E-state index is 13.6. The van der Waals surface area contributed by atoms with Crippen molar-refractivity contribution in [3.63, 3.8) is 0 Å². The molecule has 0 radical (unpaired) electrons. The van der Waals surface area contributed by atoms with Crippen molar-refractivity contribution in [1.29, 1.82) is 0 Å². The molecule has 2 aliphatic rings. The Balaban J connectivity index is 1.35. The van der Waals surface area contributed by atoms with Gasteiger partial charge in [-0.15, -0.1) is 0 Å². The largest absolute Gasteiger partial charge is 0.335 e. The molecule has 1 fully saturated rings. The van der Waals surface area contributed by atoms with Gasteiger partial charge >= 0.3 is 0 Å². The fraction of sp³-hybridized carbons (Fsp3) is 0.346. The van der Waals surface area contributed by atoms with Crippen molar-refractivity contribution >= 4 is 23.4 Å². The highest BCUT2D eigenvalue weighted by Gasteiger charge is 2.31. The number of aromatic nitrogens is 2. The number of fused-ring (bicyclic) bond motifs is 1. The molecule has 8 heteroatoms. The molecule has 2 amide bonds. The highest BCUT2D eigenvalue weighted by molar-refractivity contribution is 6.33. The van der Waals surface area contributed by atoms with Crippen LogP contribution in [0.15, 0.2) is 48.5 Å². The SMILES string of the molecule is O=C(c1ccc(F)cc1Cl)N1CCN(C(=O)c2nc(-c3ccccc3)n3c2CCCCC3)CC1. The molecule has 6 nitrogen and oxygen atoms in total. The number of carbonyl (C=O) groups excluding carboxylic acids is 2. The van der Waals surface area contributed by atoms with Crippen molar-refractivity contribution in [2.45, 2.75) is 32.2 Å². The van der Waals surface area contributed by atoms with Crippen molar-refractivity contribution in [2.75, 3.05) is 26.2 Å². The second kappa shape index (κ2) is 9.58. The van der Waals surface area contributed by atoms with E-state index in [1.54, 1.807) is 9.80 Å². The third kappa shape index (κ3) is 4.32. The zero-order valence-corrected chi connectivity index (χ0v) is 19.6. The first-order valence-corrected chi connectivity index (χ1v) is 12.1. The summed E-state index contributed by atoms with van der Waals surface area (Å²) >= 11 is 6.07. The number of carbonyl (C=O) groups is 2. The molecule has 0 atom stereocenters. The van der Waals surface area contributed by atoms with Gasteiger partial charge in [0.1, 0.15) is 17.3 Å². The van der Waals surface area contributed by atoms with E-state index in [0.717, 1.165) is 55.4 Å². The first-order chi connectivity index (χ1) is 16.5. The Morgan fingerprint density at radius 1 is 0.853 bits per heavy atom. The first kappa shape index (κ1) is 22.6. The van der Waals surface area contributed by atoms with Gasteiger partial charge in [0, 0.05) is 38.3 Å². The molecule has 0 bridgehead atoms. The fourth-order valence-corrected chi connectivity index (χ4v) is 5.04. The van der Waals surface area contributed by atoms with E-state index in [-0.39, 0.29) is 22.4 Å². The fourth-order valence-electron chi connectivity index (χ4n) is 4.79. The van der Waals surface area contributed by atoms with E-state index >= 15 is 0 Å². The van der Waals surface area contributed by atoms with Crippen LogP contribution in [-0.4, -0.2) is 57.3 Å². The van der Waals surface area contributed by atoms with Crippen molar-refractivity contribution in [3.8, 4) is 11.4 Å². The van der Waals surface area contributed by atoms with E-state index in [1.165, 1.54) is 12.1 Å². The van der Waals surface area contributed by atoms with Crippen LogP contribution >= 0.6 is 11.6 Å². The number of imidazole rings is 1. The Labute approximate surface area is 202 Å². The van der Waals surface area contributed by atoms with Crippen LogP contribution in [0.25, 0.3) is 11.4 Å². The van der Waals surface area contributed by atoms with E-state index in [2.05, 4.69) is 4.57 Å². The number of piperazine rings is 1. The Morgan fingerprint density at radius 2 is 1.56 bits per heavy atom. The second-order valence-corrected chi connectivity index (χ2v) is 9.17. The summed E-state index contributed by atoms with van der Waals surface area (Å²) in [4.78, 5) is 34.7. The smallest absolute Gasteiger partial charge is 0.274 e. The van der Waals surface area contributed by atoms with Crippen LogP contribution in [-0.2, 0) is 13.0 Å². The maximum Gasteiger partial charge on any atom is 0.274 e. The third-order valence-corrected chi connectivity index (χ3v) is 6.93. The summed E-state index contributed by atoms with van der Waals surface area (Å²) in [5.74, 6) is 0.0331. The molecule has 0 spiro atoms. The van der Waals surface area contributed by atoms with Crippen molar-refractivity contribution in [1.82, 2.24) is 19.4 Å². The van der Waals surface area contributed by atoms with Crippen LogP contribution < -0.4 is 0 Å². The van der Waals surface area contributed by atoms with Crippen LogP contribution in [0.4, 0.5) is 4.39 Å². The van der Waals surface area contributed by atoms with Crippen LogP contribution in [0.2, 0.25) is 5.02 Å². The van der Waals surface area contributed by atoms with E-state index in [1.807, 2.05) is 30.3 Å². The summed E-state index contributed by atoms with van der Waals surface area (Å²) in [6.45, 7) is 2.47. The van der Waals surface area contributed by atoms with Gasteiger partial charge in [-0.25, -0.2) is 9.37 Å². The minimum absolute atomic E-state index is 0.0836. The van der Waals surface area contributed by atoms with Crippen LogP contribution in [0.3, 0.4) is 0 Å². The molecule has 1 saturated heterocycles. The van der Waals surface area contributed by atoms with Gasteiger partial charge in [-0.05, 0) is 37.5 Å². The lowest BCUT2D eigenvalue weighted by Gasteiger charge is -2.34. The molecule has 1 aromatic heterocycles. The molecule has 34 heavy (non-hydrogen) atoms. The Bertz CT molecular complexity index is 1220. The molecule has 5 rings (SSSR count). The van der Waals surface area contributed by atoms with Crippen molar-refractivity contribution in [2.24, 2.45) is 0 Å². The van der Waals surface area contributed by atoms with E-state index < -0.39 is 5.82 Å². The van der Waals surface area contributed by atoms with Gasteiger partial charge in [-0.2, -0.15) is 0 Å². The van der Waals surface area contributed by atoms with Crippen molar-refractivity contribution < 1.29 is 14.0 Å². The summed E-state index contributed by atoms with van der Waals surface area (Å²) in [5, 5.41) is 0.0950. The van der Waals surface area contributed by atoms with Gasteiger partial charge in [-0.3, -0.25) is 9.59 Å². The summed E-state index contributed by atoms with van der Waals surface area (Å²) in [6, 6.07) is 13.8. The molecule has 0 N–H and O–H groups in total. The number of benzene rings is 2. The van der Waals surface area contributed by atoms with Gasteiger partial charge in [0.25, 0.3) is 11.8 Å². The lowest BCUT2D eigenvalue weighted by molar-refractivity contribution is 0.0532. The standard InChI is InChI=1S/C26H26ClFN4O2/c27-21-17-19(28)10-11-20(21)25(33)30-13-15-31(16-14-30)26(34)23-22-9-5-2-6-12-32(22)24(29-23)18-7-3-1-4-8-18/h1,3-4,7-8,10-11,17H,2,5-6,9,12-16H2. The monoisotopic (exact) mass is 480 g/mol. The molecule has 2 aromatic carbocycles. The minimum atomic E-state index is -0.481. The van der Waals surface area contributed by atoms with Crippen LogP contribution in [0.1, 0.15) is 45.8 Å². The number of halogens is 2. The average molecular weight is 481 g/mol. The third-order valence-electron chi connectivity index (χ3n) is 6.62. The van der Waals surface area contributed by atoms with Gasteiger partial charge in [0.15, 0.2) is 0 Å². The molecular formula is C26H26ClFN4O2. The summed E-state index contributed by atoms with van der Waals surface area (Å²) in [5.41, 5.74) is 2.83. The summed E-state index contributed by atoms with van der Waals surface area (Å²) in [7, 11) is 0. The van der Waals surface area contributed by atoms with E-state index in [0.29, 0.717) is 31.9 Å². The minimum Gasteiger partial charge on any atom is -0.335 e. The predicted molar refractivity (Wildman–Crippen MR) is 128 cm³/mol. The second-order valence-electron chi connectivity index (χ2n) is 8.77. The van der Waals surface area contributed by atoms with Gasteiger partial charge in [-0.1, -0.05) is 48.4 Å². The first-order valence-electron chi connectivity index (χ1n) is 11.7. The number of amides is 2. The number of nitrogens with zero attached hydrogens (tertiary/aromatic N) is 4. The zero-order valence-electron chi connectivity index (χ0n) is 18.8. The van der Waals surface area contributed by atoms with Crippen LogP contribution in [0, 0.1) is 5.82 Å². The summed E-state index contributed by atoms with van der Waals surface area (Å²) in [6.07, 6.45) is 4.09. The Hall–Kier alpha value is -3.19. The summed E-state index contributed by atoms with van der Waals surface area (Å²) < 4.78 is 15.6. The molecule has 0 aliphatic carbocycles. The predicted octanol–water partition coefficient (Wildman–Crippen LogP) is 4.67. The Morgan fingerprint density at radius 3 is 2.26 bits per heavy atom. The lowest BCUT2D eigenvalue weighted by Crippen LogP contribution is -2.50. The molecule has 0 unspecified atom stereocenters. The van der Waals surface area contributed by atoms with Crippen molar-refractivity contribution in [3.05, 3.63) is 76.3 Å². The molecule has 3 heterocycles. The lowest BCUT2D eigenvalue weighted by atomic mass is 10.1. The molecule has 3 aromatic rings. The number of rotatable bonds is 3. The average Bonchev–Trinajstić information content (AvgIpc) is 3.04. The highest BCUT2D eigenvalue weighted by atomic mass is 35.5. The molecular weight excluding hydrogens is 455 g/mol. The quantitative estimate of drug-likeness (QED) is 0.547. The number of hydrogen-bond acceptors (Lipinski definition) is 3. The van der Waals surface area contributed by atoms with Gasteiger partial charge in [0.2, 0.25) is 0 Å². The molecule has 0 saturated carbocycles. The molecule has 2 aliphatic heterocycles.